The minimum Gasteiger partial charge on any atom is -0.387 e. The first-order chi connectivity index (χ1) is 18.5. The Morgan fingerprint density at radius 1 is 1.08 bits per heavy atom. The van der Waals surface area contributed by atoms with Gasteiger partial charge in [-0.05, 0) is 0 Å². The van der Waals surface area contributed by atoms with Crippen LogP contribution in [-0.4, -0.2) is 113 Å². The maximum Gasteiger partial charge on any atom is 0.471 e. The van der Waals surface area contributed by atoms with Gasteiger partial charge in [-0.2, -0.15) is 13.2 Å². The number of carbonyl (C=O) groups excluding carboxylic acids is 3. The van der Waals surface area contributed by atoms with Crippen LogP contribution in [-0.2, 0) is 28.6 Å². The van der Waals surface area contributed by atoms with Crippen molar-refractivity contribution in [2.24, 2.45) is 5.73 Å². The van der Waals surface area contributed by atoms with Gasteiger partial charge in [-0.15, -0.1) is 0 Å². The average Bonchev–Trinajstić information content (AvgIpc) is 3.45. The predicted molar refractivity (Wildman–Crippen MR) is 124 cm³/mol. The monoisotopic (exact) mass is 563 g/mol. The van der Waals surface area contributed by atoms with Gasteiger partial charge in [-0.1, -0.05) is 0 Å². The van der Waals surface area contributed by atoms with Crippen molar-refractivity contribution in [1.82, 2.24) is 35.5 Å². The summed E-state index contributed by atoms with van der Waals surface area (Å²) in [6.45, 7) is -1.42. The number of nitrogens with two attached hydrogens (primary N) is 2. The number of imidazole rings is 1. The van der Waals surface area contributed by atoms with Crippen molar-refractivity contribution in [3.63, 3.8) is 0 Å². The first-order valence-electron chi connectivity index (χ1n) is 11.6. The van der Waals surface area contributed by atoms with Crippen LogP contribution in [0, 0.1) is 0 Å². The molecule has 0 saturated carbocycles. The topological polar surface area (TPSA) is 231 Å². The zero-order chi connectivity index (χ0) is 28.6. The third kappa shape index (κ3) is 7.93. The molecule has 0 radical (unpaired) electrons. The van der Waals surface area contributed by atoms with Gasteiger partial charge >= 0.3 is 12.1 Å². The van der Waals surface area contributed by atoms with E-state index in [1.54, 1.807) is 5.32 Å². The number of nitrogen functional groups attached to an aromatic ring is 1. The van der Waals surface area contributed by atoms with Crippen molar-refractivity contribution in [3.8, 4) is 0 Å². The lowest BCUT2D eigenvalue weighted by Gasteiger charge is -2.22. The number of hydrogen-bond acceptors (Lipinski definition) is 12. The number of rotatable bonds is 13. The molecule has 3 rings (SSSR count). The largest absolute Gasteiger partial charge is 0.471 e. The second-order valence-electron chi connectivity index (χ2n) is 8.17. The van der Waals surface area contributed by atoms with E-state index in [2.05, 4.69) is 25.6 Å². The first kappa shape index (κ1) is 29.9. The second-order valence-corrected chi connectivity index (χ2v) is 8.17. The molecule has 3 heterocycles. The van der Waals surface area contributed by atoms with Crippen LogP contribution in [0.1, 0.15) is 6.23 Å². The number of amides is 3. The number of aliphatic hydroxyl groups excluding tert-OH is 1. The van der Waals surface area contributed by atoms with Gasteiger partial charge < -0.3 is 46.7 Å². The minimum absolute atomic E-state index is 0.0927. The molecule has 216 valence electrons. The Kier molecular flexibility index (Phi) is 10.3. The number of nitrogens with one attached hydrogen (secondary N) is 3. The molecule has 2 aromatic heterocycles. The van der Waals surface area contributed by atoms with Crippen molar-refractivity contribution in [2.75, 3.05) is 51.7 Å². The molecule has 0 spiro atoms. The van der Waals surface area contributed by atoms with E-state index in [9.17, 15) is 32.7 Å². The molecule has 8 N–H and O–H groups in total. The van der Waals surface area contributed by atoms with Crippen LogP contribution in [0.3, 0.4) is 0 Å². The normalized spacial score (nSPS) is 21.2. The van der Waals surface area contributed by atoms with E-state index in [-0.39, 0.29) is 49.8 Å². The third-order valence-electron chi connectivity index (χ3n) is 5.35. The highest BCUT2D eigenvalue weighted by Crippen LogP contribution is 2.34. The molecule has 19 heteroatoms. The van der Waals surface area contributed by atoms with Crippen molar-refractivity contribution < 1.29 is 46.9 Å². The SMILES string of the molecule is NCCNC(=O)COC[C@H]1O[C@@H](n2cnc3c(N)ncnc32)[C@H](OCC(=O)NCCNC(=O)C(F)(F)F)[C@@H]1O. The fourth-order valence-electron chi connectivity index (χ4n) is 3.55. The maximum absolute atomic E-state index is 12.2. The van der Waals surface area contributed by atoms with E-state index in [0.717, 1.165) is 0 Å². The number of carbonyl (C=O) groups is 3. The van der Waals surface area contributed by atoms with Gasteiger partial charge in [-0.3, -0.25) is 19.0 Å². The molecule has 0 unspecified atom stereocenters. The number of anilines is 1. The van der Waals surface area contributed by atoms with E-state index < -0.39 is 61.6 Å². The summed E-state index contributed by atoms with van der Waals surface area (Å²) in [4.78, 5) is 46.9. The fraction of sp³-hybridized carbons (Fsp3) is 0.600. The summed E-state index contributed by atoms with van der Waals surface area (Å²) in [5, 5.41) is 17.3. The number of fused-ring (bicyclic) bond motifs is 1. The number of hydrogen-bond donors (Lipinski definition) is 6. The summed E-state index contributed by atoms with van der Waals surface area (Å²) in [6, 6.07) is 0. The van der Waals surface area contributed by atoms with Gasteiger partial charge in [0.1, 0.15) is 43.4 Å². The number of nitrogens with zero attached hydrogens (tertiary/aromatic N) is 4. The van der Waals surface area contributed by atoms with Gasteiger partial charge in [0.15, 0.2) is 17.7 Å². The Labute approximate surface area is 218 Å². The number of halogens is 3. The van der Waals surface area contributed by atoms with Crippen molar-refractivity contribution >= 4 is 34.7 Å². The second kappa shape index (κ2) is 13.4. The molecule has 1 fully saturated rings. The van der Waals surface area contributed by atoms with E-state index in [0.29, 0.717) is 0 Å². The lowest BCUT2D eigenvalue weighted by molar-refractivity contribution is -0.173. The smallest absolute Gasteiger partial charge is 0.387 e. The third-order valence-corrected chi connectivity index (χ3v) is 5.35. The minimum atomic E-state index is -5.04. The summed E-state index contributed by atoms with van der Waals surface area (Å²) < 4.78 is 55.0. The standard InChI is InChI=1S/C20H28F3N9O7/c21-20(22,23)19(36)28-4-3-27-12(34)7-38-15-14(35)10(5-37-6-11(33)26-2-1-24)39-18(15)32-9-31-13-16(25)29-8-30-17(13)32/h8-10,14-15,18,35H,1-7,24H2,(H,26,33)(H,27,34)(H,28,36)(H2,25,29,30)/t10-,14-,15-,18-/m1/s1. The molecule has 39 heavy (non-hydrogen) atoms. The Morgan fingerprint density at radius 3 is 2.49 bits per heavy atom. The van der Waals surface area contributed by atoms with Crippen LogP contribution in [0.4, 0.5) is 19.0 Å². The quantitative estimate of drug-likeness (QED) is 0.133. The zero-order valence-corrected chi connectivity index (χ0v) is 20.4. The average molecular weight is 563 g/mol. The van der Waals surface area contributed by atoms with E-state index >= 15 is 0 Å². The Bertz CT molecular complexity index is 1150. The van der Waals surface area contributed by atoms with E-state index in [1.165, 1.54) is 17.2 Å². The highest BCUT2D eigenvalue weighted by molar-refractivity contribution is 5.82. The molecule has 1 aliphatic heterocycles. The molecule has 4 atom stereocenters. The number of aliphatic hydroxyl groups is 1. The summed E-state index contributed by atoms with van der Waals surface area (Å²) in [5.41, 5.74) is 11.7. The predicted octanol–water partition coefficient (Wildman–Crippen LogP) is -3.06. The van der Waals surface area contributed by atoms with Gasteiger partial charge in [0.05, 0.1) is 12.9 Å². The van der Waals surface area contributed by atoms with Crippen LogP contribution in [0.5, 0.6) is 0 Å². The molecule has 2 aromatic rings. The van der Waals surface area contributed by atoms with Crippen molar-refractivity contribution in [3.05, 3.63) is 12.7 Å². The maximum atomic E-state index is 12.2. The van der Waals surface area contributed by atoms with Crippen LogP contribution in [0.15, 0.2) is 12.7 Å². The molecule has 1 aliphatic rings. The molecule has 0 bridgehead atoms. The van der Waals surface area contributed by atoms with Crippen LogP contribution in [0.25, 0.3) is 11.2 Å². The highest BCUT2D eigenvalue weighted by atomic mass is 19.4. The van der Waals surface area contributed by atoms with Crippen LogP contribution < -0.4 is 27.4 Å². The van der Waals surface area contributed by atoms with Gasteiger partial charge in [0.2, 0.25) is 11.8 Å². The molecule has 1 saturated heterocycles. The van der Waals surface area contributed by atoms with Gasteiger partial charge in [-0.25, -0.2) is 15.0 Å². The lowest BCUT2D eigenvalue weighted by atomic mass is 10.1. The summed E-state index contributed by atoms with van der Waals surface area (Å²) >= 11 is 0. The lowest BCUT2D eigenvalue weighted by Crippen LogP contribution is -2.42. The molecular formula is C20H28F3N9O7. The molecule has 0 aliphatic carbocycles. The van der Waals surface area contributed by atoms with Gasteiger partial charge in [0.25, 0.3) is 0 Å². The Morgan fingerprint density at radius 2 is 1.77 bits per heavy atom. The van der Waals surface area contributed by atoms with Crippen molar-refractivity contribution in [1.29, 1.82) is 0 Å². The summed E-state index contributed by atoms with van der Waals surface area (Å²) in [6.07, 6.45) is -7.11. The van der Waals surface area contributed by atoms with E-state index in [1.807, 2.05) is 0 Å². The summed E-state index contributed by atoms with van der Waals surface area (Å²) in [5.74, 6) is -3.20. The summed E-state index contributed by atoms with van der Waals surface area (Å²) in [7, 11) is 0. The number of ether oxygens (including phenoxy) is 3. The van der Waals surface area contributed by atoms with Gasteiger partial charge in [0, 0.05) is 26.2 Å². The Hall–Kier alpha value is -3.65. The van der Waals surface area contributed by atoms with Crippen LogP contribution >= 0.6 is 0 Å². The highest BCUT2D eigenvalue weighted by Gasteiger charge is 2.46. The van der Waals surface area contributed by atoms with Crippen molar-refractivity contribution in [2.45, 2.75) is 30.7 Å². The van der Waals surface area contributed by atoms with Crippen LogP contribution in [0.2, 0.25) is 0 Å². The fourth-order valence-corrected chi connectivity index (χ4v) is 3.55. The molecule has 0 aromatic carbocycles. The zero-order valence-electron chi connectivity index (χ0n) is 20.4. The number of alkyl halides is 3. The Balaban J connectivity index is 1.63. The first-order valence-corrected chi connectivity index (χ1v) is 11.6. The molecular weight excluding hydrogens is 535 g/mol. The molecule has 3 amide bonds. The number of aromatic nitrogens is 4. The molecule has 16 nitrogen and oxygen atoms in total. The van der Waals surface area contributed by atoms with E-state index in [4.69, 9.17) is 25.7 Å².